The van der Waals surface area contributed by atoms with Gasteiger partial charge in [-0.15, -0.1) is 0 Å². The molecule has 0 atom stereocenters. The number of amides is 1. The number of nitrogens with zero attached hydrogens (tertiary/aromatic N) is 4. The van der Waals surface area contributed by atoms with Gasteiger partial charge in [-0.05, 0) is 56.3 Å². The first-order chi connectivity index (χ1) is 17.3. The molecule has 0 radical (unpaired) electrons. The number of nitrogens with one attached hydrogen (secondary N) is 1. The van der Waals surface area contributed by atoms with E-state index in [9.17, 15) is 14.0 Å². The fourth-order valence-corrected chi connectivity index (χ4v) is 4.61. The quantitative estimate of drug-likeness (QED) is 0.300. The van der Waals surface area contributed by atoms with Crippen molar-refractivity contribution in [2.45, 2.75) is 20.4 Å². The minimum atomic E-state index is -0.421. The van der Waals surface area contributed by atoms with E-state index in [1.54, 1.807) is 37.4 Å². The predicted octanol–water partition coefficient (Wildman–Crippen LogP) is 5.39. The van der Waals surface area contributed by atoms with E-state index < -0.39 is 5.82 Å². The first kappa shape index (κ1) is 23.6. The van der Waals surface area contributed by atoms with Gasteiger partial charge in [-0.2, -0.15) is 9.78 Å². The van der Waals surface area contributed by atoms with E-state index in [2.05, 4.69) is 31.3 Å². The molecule has 0 bridgehead atoms. The average molecular weight is 546 g/mol. The minimum Gasteiger partial charge on any atom is -0.335 e. The van der Waals surface area contributed by atoms with Gasteiger partial charge in [0.05, 0.1) is 17.1 Å². The van der Waals surface area contributed by atoms with Gasteiger partial charge in [-0.1, -0.05) is 40.2 Å². The molecule has 5 rings (SSSR count). The Labute approximate surface area is 214 Å². The molecule has 36 heavy (non-hydrogen) atoms. The normalized spacial score (nSPS) is 11.6. The van der Waals surface area contributed by atoms with Crippen LogP contribution in [0.5, 0.6) is 0 Å². The highest BCUT2D eigenvalue weighted by atomic mass is 79.9. The molecule has 0 aliphatic heterocycles. The van der Waals surface area contributed by atoms with Gasteiger partial charge in [-0.25, -0.2) is 9.37 Å². The second-order valence-electron chi connectivity index (χ2n) is 8.34. The summed E-state index contributed by atoms with van der Waals surface area (Å²) in [7, 11) is 0. The van der Waals surface area contributed by atoms with Gasteiger partial charge < -0.3 is 9.88 Å². The number of rotatable bonds is 5. The number of benzene rings is 3. The Balaban J connectivity index is 1.53. The molecule has 0 saturated carbocycles. The third-order valence-corrected chi connectivity index (χ3v) is 6.46. The van der Waals surface area contributed by atoms with Crippen LogP contribution in [0, 0.1) is 19.7 Å². The molecule has 1 N–H and O–H groups in total. The smallest absolute Gasteiger partial charge is 0.282 e. The summed E-state index contributed by atoms with van der Waals surface area (Å²) in [5, 5.41) is 8.56. The highest BCUT2D eigenvalue weighted by Gasteiger charge is 2.16. The average Bonchev–Trinajstić information content (AvgIpc) is 3.10. The lowest BCUT2D eigenvalue weighted by Gasteiger charge is -2.10. The Morgan fingerprint density at radius 2 is 1.89 bits per heavy atom. The second-order valence-corrected chi connectivity index (χ2v) is 9.26. The van der Waals surface area contributed by atoms with Gasteiger partial charge in [0.2, 0.25) is 5.91 Å². The number of hydrogen-bond donors (Lipinski definition) is 1. The minimum absolute atomic E-state index is 0.0290. The van der Waals surface area contributed by atoms with E-state index >= 15 is 0 Å². The summed E-state index contributed by atoms with van der Waals surface area (Å²) in [5.41, 5.74) is 3.15. The standard InChI is InChI=1S/C27H21BrFN5O2/c1-16-23(14-30-34-17(2)31-24-11-10-18(28)12-22(24)27(34)36)21-8-3-4-9-25(21)33(16)15-26(35)32-20-7-5-6-19(29)13-20/h3-14H,15H2,1-2H3,(H,32,35). The van der Waals surface area contributed by atoms with Crippen LogP contribution in [0.1, 0.15) is 17.1 Å². The zero-order valence-corrected chi connectivity index (χ0v) is 21.1. The second kappa shape index (κ2) is 9.50. The maximum absolute atomic E-state index is 13.5. The zero-order valence-electron chi connectivity index (χ0n) is 19.5. The van der Waals surface area contributed by atoms with Crippen molar-refractivity contribution in [1.29, 1.82) is 0 Å². The molecule has 9 heteroatoms. The van der Waals surface area contributed by atoms with E-state index in [1.807, 2.05) is 41.8 Å². The first-order valence-corrected chi connectivity index (χ1v) is 12.0. The maximum Gasteiger partial charge on any atom is 0.282 e. The van der Waals surface area contributed by atoms with E-state index in [4.69, 9.17) is 0 Å². The third kappa shape index (κ3) is 4.45. The van der Waals surface area contributed by atoms with Gasteiger partial charge in [0.1, 0.15) is 18.2 Å². The van der Waals surface area contributed by atoms with Crippen LogP contribution in [0.15, 0.2) is 81.1 Å². The van der Waals surface area contributed by atoms with Crippen LogP contribution in [0.3, 0.4) is 0 Å². The summed E-state index contributed by atoms with van der Waals surface area (Å²) in [6.45, 7) is 3.65. The lowest BCUT2D eigenvalue weighted by atomic mass is 10.1. The molecule has 0 unspecified atom stereocenters. The predicted molar refractivity (Wildman–Crippen MR) is 143 cm³/mol. The summed E-state index contributed by atoms with van der Waals surface area (Å²) in [6.07, 6.45) is 1.62. The molecule has 0 aliphatic rings. The zero-order chi connectivity index (χ0) is 25.4. The third-order valence-electron chi connectivity index (χ3n) is 5.96. The van der Waals surface area contributed by atoms with Gasteiger partial charge >= 0.3 is 0 Å². The number of carbonyl (C=O) groups excluding carboxylic acids is 1. The molecule has 3 aromatic carbocycles. The molecule has 5 aromatic rings. The fraction of sp³-hybridized carbons (Fsp3) is 0.111. The number of para-hydroxylation sites is 1. The number of halogens is 2. The van der Waals surface area contributed by atoms with Gasteiger partial charge in [-0.3, -0.25) is 9.59 Å². The Kier molecular flexibility index (Phi) is 6.24. The monoisotopic (exact) mass is 545 g/mol. The lowest BCUT2D eigenvalue weighted by molar-refractivity contribution is -0.116. The van der Waals surface area contributed by atoms with Crippen LogP contribution >= 0.6 is 15.9 Å². The van der Waals surface area contributed by atoms with Crippen LogP contribution in [0.25, 0.3) is 21.8 Å². The van der Waals surface area contributed by atoms with Crippen LogP contribution < -0.4 is 10.9 Å². The van der Waals surface area contributed by atoms with Crippen molar-refractivity contribution in [1.82, 2.24) is 14.2 Å². The Morgan fingerprint density at radius 3 is 2.69 bits per heavy atom. The first-order valence-electron chi connectivity index (χ1n) is 11.2. The molecular formula is C27H21BrFN5O2. The molecule has 2 heterocycles. The van der Waals surface area contributed by atoms with Crippen molar-refractivity contribution in [3.63, 3.8) is 0 Å². The van der Waals surface area contributed by atoms with E-state index in [-0.39, 0.29) is 18.0 Å². The van der Waals surface area contributed by atoms with Crippen molar-refractivity contribution in [3.05, 3.63) is 104 Å². The van der Waals surface area contributed by atoms with Gasteiger partial charge in [0, 0.05) is 32.3 Å². The number of fused-ring (bicyclic) bond motifs is 2. The summed E-state index contributed by atoms with van der Waals surface area (Å²) < 4.78 is 17.4. The molecule has 0 fully saturated rings. The highest BCUT2D eigenvalue weighted by Crippen LogP contribution is 2.25. The summed E-state index contributed by atoms with van der Waals surface area (Å²) in [4.78, 5) is 30.4. The molecule has 180 valence electrons. The van der Waals surface area contributed by atoms with E-state index in [0.717, 1.165) is 26.6 Å². The van der Waals surface area contributed by atoms with Gasteiger partial charge in [0.15, 0.2) is 0 Å². The molecular weight excluding hydrogens is 525 g/mol. The summed E-state index contributed by atoms with van der Waals surface area (Å²) in [5.74, 6) is -0.249. The number of carbonyl (C=O) groups is 1. The SMILES string of the molecule is Cc1nc2ccc(Br)cc2c(=O)n1N=Cc1c(C)n(CC(=O)Nc2cccc(F)c2)c2ccccc12. The number of anilines is 1. The molecule has 2 aromatic heterocycles. The van der Waals surface area contributed by atoms with Gasteiger partial charge in [0.25, 0.3) is 5.56 Å². The lowest BCUT2D eigenvalue weighted by Crippen LogP contribution is -2.21. The molecule has 0 spiro atoms. The van der Waals surface area contributed by atoms with Crippen LogP contribution in [0.4, 0.5) is 10.1 Å². The maximum atomic E-state index is 13.5. The fourth-order valence-electron chi connectivity index (χ4n) is 4.25. The van der Waals surface area contributed by atoms with Crippen LogP contribution in [-0.4, -0.2) is 26.3 Å². The Morgan fingerprint density at radius 1 is 1.08 bits per heavy atom. The van der Waals surface area contributed by atoms with Crippen molar-refractivity contribution in [2.75, 3.05) is 5.32 Å². The molecule has 7 nitrogen and oxygen atoms in total. The molecule has 1 amide bonds. The molecule has 0 saturated heterocycles. The van der Waals surface area contributed by atoms with Crippen LogP contribution in [-0.2, 0) is 11.3 Å². The van der Waals surface area contributed by atoms with Crippen molar-refractivity contribution in [3.8, 4) is 0 Å². The van der Waals surface area contributed by atoms with Crippen molar-refractivity contribution < 1.29 is 9.18 Å². The van der Waals surface area contributed by atoms with E-state index in [0.29, 0.717) is 22.4 Å². The van der Waals surface area contributed by atoms with Crippen molar-refractivity contribution >= 4 is 55.5 Å². The van der Waals surface area contributed by atoms with E-state index in [1.165, 1.54) is 16.8 Å². The number of aryl methyl sites for hydroxylation is 1. The number of aromatic nitrogens is 3. The summed E-state index contributed by atoms with van der Waals surface area (Å²) >= 11 is 3.40. The summed E-state index contributed by atoms with van der Waals surface area (Å²) in [6, 6.07) is 18.8. The molecule has 0 aliphatic carbocycles. The Bertz CT molecular complexity index is 1740. The largest absolute Gasteiger partial charge is 0.335 e. The Hall–Kier alpha value is -4.11. The topological polar surface area (TPSA) is 81.3 Å². The van der Waals surface area contributed by atoms with Crippen LogP contribution in [0.2, 0.25) is 0 Å². The van der Waals surface area contributed by atoms with Crippen molar-refractivity contribution in [2.24, 2.45) is 5.10 Å². The number of hydrogen-bond acceptors (Lipinski definition) is 4. The highest BCUT2D eigenvalue weighted by molar-refractivity contribution is 9.10.